The van der Waals surface area contributed by atoms with Crippen molar-refractivity contribution in [2.24, 2.45) is 0 Å². The summed E-state index contributed by atoms with van der Waals surface area (Å²) in [6.45, 7) is 0. The van der Waals surface area contributed by atoms with E-state index in [1.165, 1.54) is 18.2 Å². The monoisotopic (exact) mass is 421 g/mol. The van der Waals surface area contributed by atoms with Gasteiger partial charge in [-0.2, -0.15) is 9.97 Å². The number of furan rings is 1. The van der Waals surface area contributed by atoms with Gasteiger partial charge in [0.25, 0.3) is 0 Å². The van der Waals surface area contributed by atoms with Gasteiger partial charge < -0.3 is 14.3 Å². The summed E-state index contributed by atoms with van der Waals surface area (Å²) in [6, 6.07) is 17.4. The lowest BCUT2D eigenvalue weighted by Crippen LogP contribution is -2.00. The van der Waals surface area contributed by atoms with Gasteiger partial charge in [0.2, 0.25) is 0 Å². The lowest BCUT2D eigenvalue weighted by molar-refractivity contribution is 0.379. The molecule has 1 N–H and O–H groups in total. The number of fused-ring (bicyclic) bond motifs is 4. The van der Waals surface area contributed by atoms with Crippen molar-refractivity contribution >= 4 is 28.0 Å². The van der Waals surface area contributed by atoms with Crippen LogP contribution < -0.4 is 4.74 Å². The molecule has 32 heavy (non-hydrogen) atoms. The van der Waals surface area contributed by atoms with Gasteiger partial charge in [0.15, 0.2) is 11.6 Å². The van der Waals surface area contributed by atoms with Gasteiger partial charge in [-0.1, -0.05) is 24.3 Å². The van der Waals surface area contributed by atoms with Gasteiger partial charge in [-0.3, -0.25) is 0 Å². The molecule has 0 amide bonds. The Morgan fingerprint density at radius 3 is 2.62 bits per heavy atom. The number of rotatable bonds is 3. The summed E-state index contributed by atoms with van der Waals surface area (Å²) in [6.07, 6.45) is 6.45. The maximum absolute atomic E-state index is 10.3. The van der Waals surface area contributed by atoms with Crippen LogP contribution >= 0.6 is 0 Å². The third kappa shape index (κ3) is 3.00. The number of methoxy groups -OCH3 is 1. The van der Waals surface area contributed by atoms with E-state index in [1.54, 1.807) is 18.2 Å². The minimum absolute atomic E-state index is 0.0989. The Morgan fingerprint density at radius 2 is 1.75 bits per heavy atom. The van der Waals surface area contributed by atoms with E-state index in [-0.39, 0.29) is 11.8 Å². The van der Waals surface area contributed by atoms with E-state index in [9.17, 15) is 5.11 Å². The molecule has 2 aromatic heterocycles. The van der Waals surface area contributed by atoms with Crippen molar-refractivity contribution in [1.29, 1.82) is 0 Å². The van der Waals surface area contributed by atoms with Crippen molar-refractivity contribution in [2.45, 2.75) is 12.8 Å². The van der Waals surface area contributed by atoms with E-state index in [4.69, 9.17) is 9.15 Å². The molecule has 2 heterocycles. The number of nitrogens with zero attached hydrogens (tertiary/aromatic N) is 3. The number of phenols is 1. The van der Waals surface area contributed by atoms with Crippen molar-refractivity contribution in [3.05, 3.63) is 71.8 Å². The molecular formula is C26H19N3O3. The number of phenolic OH excluding ortho intramolecular Hbond substituents is 1. The maximum Gasteiger partial charge on any atom is 0.320 e. The SMILES string of the molecule is COc1nc(-c2ccc3oc4cc5c(cc4c3c2)CCC=C5)nc(-c2ccccc2O)n1. The summed E-state index contributed by atoms with van der Waals surface area (Å²) in [5.74, 6) is 0.914. The summed E-state index contributed by atoms with van der Waals surface area (Å²) in [4.78, 5) is 13.4. The van der Waals surface area contributed by atoms with Gasteiger partial charge in [0, 0.05) is 16.3 Å². The maximum atomic E-state index is 10.3. The van der Waals surface area contributed by atoms with Crippen LogP contribution in [0.5, 0.6) is 11.8 Å². The fraction of sp³-hybridized carbons (Fsp3) is 0.115. The van der Waals surface area contributed by atoms with Crippen molar-refractivity contribution in [3.63, 3.8) is 0 Å². The van der Waals surface area contributed by atoms with Crippen molar-refractivity contribution in [3.8, 4) is 34.5 Å². The third-order valence-electron chi connectivity index (χ3n) is 5.81. The van der Waals surface area contributed by atoms with Gasteiger partial charge in [0.1, 0.15) is 16.9 Å². The van der Waals surface area contributed by atoms with E-state index in [0.717, 1.165) is 40.3 Å². The summed E-state index contributed by atoms with van der Waals surface area (Å²) in [7, 11) is 1.51. The molecule has 6 heteroatoms. The molecule has 0 atom stereocenters. The van der Waals surface area contributed by atoms with Gasteiger partial charge in [-0.05, 0) is 66.4 Å². The number of allylic oxidation sites excluding steroid dienone is 1. The standard InChI is InChI=1S/C26H19N3O3/c1-31-26-28-24(27-25(29-26)18-8-4-5-9-21(18)30)17-10-11-22-19(13-17)20-12-15-6-2-3-7-16(15)14-23(20)32-22/h3-5,7-14,30H,2,6H2,1H3. The van der Waals surface area contributed by atoms with E-state index < -0.39 is 0 Å². The van der Waals surface area contributed by atoms with Crippen LogP contribution in [-0.2, 0) is 6.42 Å². The second-order valence-electron chi connectivity index (χ2n) is 7.79. The number of hydrogen-bond donors (Lipinski definition) is 1. The molecule has 6 nitrogen and oxygen atoms in total. The van der Waals surface area contributed by atoms with Crippen LogP contribution in [0, 0.1) is 0 Å². The Kier molecular flexibility index (Phi) is 4.18. The lowest BCUT2D eigenvalue weighted by Gasteiger charge is -2.09. The molecule has 156 valence electrons. The van der Waals surface area contributed by atoms with Gasteiger partial charge in [0.05, 0.1) is 12.7 Å². The Morgan fingerprint density at radius 1 is 0.906 bits per heavy atom. The van der Waals surface area contributed by atoms with Crippen LogP contribution in [-0.4, -0.2) is 27.2 Å². The Balaban J connectivity index is 1.53. The van der Waals surface area contributed by atoms with Crippen molar-refractivity contribution in [2.75, 3.05) is 7.11 Å². The van der Waals surface area contributed by atoms with Crippen LogP contribution in [0.25, 0.3) is 50.8 Å². The fourth-order valence-corrected chi connectivity index (χ4v) is 4.20. The number of hydrogen-bond acceptors (Lipinski definition) is 6. The Hall–Kier alpha value is -4.19. The molecule has 1 aliphatic rings. The summed E-state index contributed by atoms with van der Waals surface area (Å²) < 4.78 is 11.4. The van der Waals surface area contributed by atoms with E-state index in [2.05, 4.69) is 39.2 Å². The smallest absolute Gasteiger partial charge is 0.320 e. The second kappa shape index (κ2) is 7.20. The van der Waals surface area contributed by atoms with Gasteiger partial charge in [-0.15, -0.1) is 0 Å². The molecule has 3 aromatic carbocycles. The summed E-state index contributed by atoms with van der Waals surface area (Å²) in [5, 5.41) is 12.4. The quantitative estimate of drug-likeness (QED) is 0.398. The van der Waals surface area contributed by atoms with Crippen LogP contribution in [0.2, 0.25) is 0 Å². The largest absolute Gasteiger partial charge is 0.507 e. The highest BCUT2D eigenvalue weighted by atomic mass is 16.5. The van der Waals surface area contributed by atoms with E-state index >= 15 is 0 Å². The molecule has 1 aliphatic carbocycles. The number of para-hydroxylation sites is 1. The zero-order valence-electron chi connectivity index (χ0n) is 17.4. The number of aromatic hydroxyl groups is 1. The minimum Gasteiger partial charge on any atom is -0.507 e. The van der Waals surface area contributed by atoms with Gasteiger partial charge >= 0.3 is 6.01 Å². The van der Waals surface area contributed by atoms with Crippen molar-refractivity contribution < 1.29 is 14.3 Å². The summed E-state index contributed by atoms with van der Waals surface area (Å²) in [5.41, 5.74) is 5.57. The number of aromatic nitrogens is 3. The number of ether oxygens (including phenoxy) is 1. The Labute approximate surface area is 183 Å². The average molecular weight is 421 g/mol. The zero-order chi connectivity index (χ0) is 21.7. The predicted octanol–water partition coefficient (Wildman–Crippen LogP) is 5.78. The molecule has 6 rings (SSSR count). The molecule has 0 spiro atoms. The normalized spacial score (nSPS) is 12.9. The van der Waals surface area contributed by atoms with Crippen molar-refractivity contribution in [1.82, 2.24) is 15.0 Å². The molecule has 5 aromatic rings. The van der Waals surface area contributed by atoms with Crippen LogP contribution in [0.4, 0.5) is 0 Å². The minimum atomic E-state index is 0.0989. The first-order valence-electron chi connectivity index (χ1n) is 10.4. The van der Waals surface area contributed by atoms with Crippen LogP contribution in [0.15, 0.2) is 65.1 Å². The van der Waals surface area contributed by atoms with Gasteiger partial charge in [-0.25, -0.2) is 4.98 Å². The molecule has 0 bridgehead atoms. The molecule has 0 saturated carbocycles. The lowest BCUT2D eigenvalue weighted by atomic mass is 9.95. The first-order chi connectivity index (χ1) is 15.7. The Bertz CT molecular complexity index is 1530. The number of benzene rings is 3. The fourth-order valence-electron chi connectivity index (χ4n) is 4.20. The highest BCUT2D eigenvalue weighted by Crippen LogP contribution is 2.36. The predicted molar refractivity (Wildman–Crippen MR) is 124 cm³/mol. The molecule has 0 saturated heterocycles. The topological polar surface area (TPSA) is 81.3 Å². The molecule has 0 fully saturated rings. The van der Waals surface area contributed by atoms with E-state index in [0.29, 0.717) is 17.2 Å². The molecule has 0 aliphatic heterocycles. The first-order valence-corrected chi connectivity index (χ1v) is 10.4. The third-order valence-corrected chi connectivity index (χ3v) is 5.81. The highest BCUT2D eigenvalue weighted by Gasteiger charge is 2.16. The molecule has 0 radical (unpaired) electrons. The molecular weight excluding hydrogens is 402 g/mol. The first kappa shape index (κ1) is 18.6. The second-order valence-corrected chi connectivity index (χ2v) is 7.79. The van der Waals surface area contributed by atoms with Crippen LogP contribution in [0.1, 0.15) is 17.5 Å². The average Bonchev–Trinajstić information content (AvgIpc) is 3.19. The number of aryl methyl sites for hydroxylation is 1. The highest BCUT2D eigenvalue weighted by molar-refractivity contribution is 6.07. The van der Waals surface area contributed by atoms with Crippen LogP contribution in [0.3, 0.4) is 0 Å². The summed E-state index contributed by atoms with van der Waals surface area (Å²) >= 11 is 0. The van der Waals surface area contributed by atoms with E-state index in [1.807, 2.05) is 24.3 Å². The zero-order valence-corrected chi connectivity index (χ0v) is 17.4. The molecule has 0 unspecified atom stereocenters.